The van der Waals surface area contributed by atoms with Crippen LogP contribution in [0.2, 0.25) is 0 Å². The molecule has 1 amide bonds. The van der Waals surface area contributed by atoms with Crippen molar-refractivity contribution in [3.63, 3.8) is 0 Å². The van der Waals surface area contributed by atoms with Crippen LogP contribution in [0.15, 0.2) is 71.6 Å². The maximum Gasteiger partial charge on any atom is 0.264 e. The fourth-order valence-electron chi connectivity index (χ4n) is 4.18. The molecule has 38 heavy (non-hydrogen) atoms. The van der Waals surface area contributed by atoms with Gasteiger partial charge in [0.2, 0.25) is 5.91 Å². The second-order valence-electron chi connectivity index (χ2n) is 8.89. The van der Waals surface area contributed by atoms with Gasteiger partial charge < -0.3 is 24.6 Å². The third-order valence-corrected chi connectivity index (χ3v) is 8.13. The number of nitrogens with zero attached hydrogens (tertiary/aromatic N) is 3. The number of piperazine rings is 1. The molecule has 0 unspecified atom stereocenters. The molecule has 0 bridgehead atoms. The highest BCUT2D eigenvalue weighted by atomic mass is 32.2. The SMILES string of the molecule is COc1ccc(S(=O)(=O)N(CC(=O)Nc2ccc(N3CCN(C)CC3)cc2)c2ccc(F)cc2)cc1OC. The van der Waals surface area contributed by atoms with E-state index in [1.807, 2.05) is 12.1 Å². The second-order valence-corrected chi connectivity index (χ2v) is 10.8. The molecule has 4 rings (SSSR count). The molecule has 1 aliphatic rings. The largest absolute Gasteiger partial charge is 0.493 e. The first-order valence-corrected chi connectivity index (χ1v) is 13.5. The zero-order chi connectivity index (χ0) is 27.3. The van der Waals surface area contributed by atoms with E-state index in [0.717, 1.165) is 48.3 Å². The van der Waals surface area contributed by atoms with Crippen LogP contribution < -0.4 is 24.0 Å². The molecular weight excluding hydrogens is 511 g/mol. The molecule has 202 valence electrons. The number of halogens is 1. The van der Waals surface area contributed by atoms with Crippen LogP contribution in [0, 0.1) is 5.82 Å². The molecule has 0 aromatic heterocycles. The van der Waals surface area contributed by atoms with E-state index in [4.69, 9.17) is 9.47 Å². The summed E-state index contributed by atoms with van der Waals surface area (Å²) in [5, 5.41) is 2.76. The standard InChI is InChI=1S/C27H31FN4O5S/c1-30-14-16-31(17-15-30)22-10-6-21(7-11-22)29-27(33)19-32(23-8-4-20(28)5-9-23)38(34,35)24-12-13-25(36-2)26(18-24)37-3/h4-13,18H,14-17,19H2,1-3H3,(H,29,33). The van der Waals surface area contributed by atoms with Gasteiger partial charge in [-0.3, -0.25) is 9.10 Å². The van der Waals surface area contributed by atoms with Crippen molar-refractivity contribution < 1.29 is 27.1 Å². The van der Waals surface area contributed by atoms with Crippen LogP contribution in [0.5, 0.6) is 11.5 Å². The lowest BCUT2D eigenvalue weighted by atomic mass is 10.2. The highest BCUT2D eigenvalue weighted by molar-refractivity contribution is 7.92. The number of ether oxygens (including phenoxy) is 2. The average Bonchev–Trinajstić information content (AvgIpc) is 2.92. The van der Waals surface area contributed by atoms with Gasteiger partial charge in [-0.05, 0) is 67.7 Å². The first-order chi connectivity index (χ1) is 18.2. The Morgan fingerprint density at radius 3 is 2.16 bits per heavy atom. The molecule has 0 atom stereocenters. The summed E-state index contributed by atoms with van der Waals surface area (Å²) in [6.45, 7) is 3.27. The number of likely N-dealkylation sites (N-methyl/N-ethyl adjacent to an activating group) is 1. The Morgan fingerprint density at radius 2 is 1.55 bits per heavy atom. The van der Waals surface area contributed by atoms with E-state index >= 15 is 0 Å². The Bertz CT molecular complexity index is 1360. The van der Waals surface area contributed by atoms with Crippen molar-refractivity contribution in [1.29, 1.82) is 0 Å². The van der Waals surface area contributed by atoms with Crippen LogP contribution in [0.3, 0.4) is 0 Å². The van der Waals surface area contributed by atoms with Crippen LogP contribution in [-0.2, 0) is 14.8 Å². The van der Waals surface area contributed by atoms with Gasteiger partial charge in [-0.2, -0.15) is 0 Å². The number of hydrogen-bond acceptors (Lipinski definition) is 7. The third kappa shape index (κ3) is 6.17. The Kier molecular flexibility index (Phi) is 8.38. The van der Waals surface area contributed by atoms with Gasteiger partial charge in [0.05, 0.1) is 24.8 Å². The summed E-state index contributed by atoms with van der Waals surface area (Å²) in [6, 6.07) is 16.5. The van der Waals surface area contributed by atoms with Crippen molar-refractivity contribution in [1.82, 2.24) is 4.90 Å². The zero-order valence-electron chi connectivity index (χ0n) is 21.6. The number of benzene rings is 3. The maximum absolute atomic E-state index is 13.7. The van der Waals surface area contributed by atoms with Gasteiger partial charge in [-0.15, -0.1) is 0 Å². The van der Waals surface area contributed by atoms with Crippen LogP contribution in [-0.4, -0.2) is 73.2 Å². The summed E-state index contributed by atoms with van der Waals surface area (Å²) in [5.74, 6) is -0.497. The van der Waals surface area contributed by atoms with Gasteiger partial charge in [-0.25, -0.2) is 12.8 Å². The zero-order valence-corrected chi connectivity index (χ0v) is 22.4. The number of carbonyl (C=O) groups excluding carboxylic acids is 1. The lowest BCUT2D eigenvalue weighted by Crippen LogP contribution is -2.44. The van der Waals surface area contributed by atoms with Crippen molar-refractivity contribution in [3.8, 4) is 11.5 Å². The molecule has 1 fully saturated rings. The highest BCUT2D eigenvalue weighted by Crippen LogP contribution is 2.32. The van der Waals surface area contributed by atoms with Crippen molar-refractivity contribution in [2.75, 3.05) is 68.5 Å². The maximum atomic E-state index is 13.7. The molecule has 0 saturated carbocycles. The summed E-state index contributed by atoms with van der Waals surface area (Å²) in [4.78, 5) is 17.5. The van der Waals surface area contributed by atoms with E-state index in [1.54, 1.807) is 12.1 Å². The van der Waals surface area contributed by atoms with Crippen LogP contribution in [0.25, 0.3) is 0 Å². The van der Waals surface area contributed by atoms with Gasteiger partial charge >= 0.3 is 0 Å². The van der Waals surface area contributed by atoms with Gasteiger partial charge in [-0.1, -0.05) is 0 Å². The molecular formula is C27H31FN4O5S. The van der Waals surface area contributed by atoms with E-state index in [1.165, 1.54) is 44.6 Å². The van der Waals surface area contributed by atoms with Crippen LogP contribution in [0.1, 0.15) is 0 Å². The summed E-state index contributed by atoms with van der Waals surface area (Å²) in [5.41, 5.74) is 1.73. The lowest BCUT2D eigenvalue weighted by molar-refractivity contribution is -0.114. The fraction of sp³-hybridized carbons (Fsp3) is 0.296. The Labute approximate surface area is 222 Å². The summed E-state index contributed by atoms with van der Waals surface area (Å²) < 4.78 is 52.3. The van der Waals surface area contributed by atoms with Crippen LogP contribution >= 0.6 is 0 Å². The van der Waals surface area contributed by atoms with E-state index in [2.05, 4.69) is 22.2 Å². The van der Waals surface area contributed by atoms with Crippen molar-refractivity contribution in [2.24, 2.45) is 0 Å². The quantitative estimate of drug-likeness (QED) is 0.443. The molecule has 1 heterocycles. The number of amides is 1. The lowest BCUT2D eigenvalue weighted by Gasteiger charge is -2.34. The normalized spacial score (nSPS) is 14.2. The number of hydrogen-bond donors (Lipinski definition) is 1. The van der Waals surface area contributed by atoms with E-state index < -0.39 is 28.3 Å². The van der Waals surface area contributed by atoms with E-state index in [9.17, 15) is 17.6 Å². The minimum atomic E-state index is -4.23. The minimum Gasteiger partial charge on any atom is -0.493 e. The molecule has 11 heteroatoms. The smallest absolute Gasteiger partial charge is 0.264 e. The number of methoxy groups -OCH3 is 2. The third-order valence-electron chi connectivity index (χ3n) is 6.36. The molecule has 0 radical (unpaired) electrons. The minimum absolute atomic E-state index is 0.108. The van der Waals surface area contributed by atoms with E-state index in [0.29, 0.717) is 11.4 Å². The molecule has 3 aromatic rings. The first-order valence-electron chi connectivity index (χ1n) is 12.0. The van der Waals surface area contributed by atoms with Gasteiger partial charge in [0.15, 0.2) is 11.5 Å². The predicted molar refractivity (Wildman–Crippen MR) is 145 cm³/mol. The molecule has 1 aliphatic heterocycles. The molecule has 0 spiro atoms. The second kappa shape index (κ2) is 11.7. The fourth-order valence-corrected chi connectivity index (χ4v) is 5.61. The summed E-state index contributed by atoms with van der Waals surface area (Å²) >= 11 is 0. The number of nitrogens with one attached hydrogen (secondary N) is 1. The molecule has 9 nitrogen and oxygen atoms in total. The van der Waals surface area contributed by atoms with Crippen LogP contribution in [0.4, 0.5) is 21.5 Å². The van der Waals surface area contributed by atoms with Crippen molar-refractivity contribution >= 4 is 33.0 Å². The van der Waals surface area contributed by atoms with E-state index in [-0.39, 0.29) is 16.3 Å². The summed E-state index contributed by atoms with van der Waals surface area (Å²) in [6.07, 6.45) is 0. The van der Waals surface area contributed by atoms with Gasteiger partial charge in [0, 0.05) is 43.6 Å². The molecule has 0 aliphatic carbocycles. The topological polar surface area (TPSA) is 91.4 Å². The average molecular weight is 543 g/mol. The molecule has 1 saturated heterocycles. The Hall–Kier alpha value is -3.83. The highest BCUT2D eigenvalue weighted by Gasteiger charge is 2.28. The van der Waals surface area contributed by atoms with Gasteiger partial charge in [0.1, 0.15) is 12.4 Å². The first kappa shape index (κ1) is 27.2. The number of sulfonamides is 1. The number of rotatable bonds is 9. The Balaban J connectivity index is 1.55. The number of anilines is 3. The predicted octanol–water partition coefficient (Wildman–Crippen LogP) is 3.43. The monoisotopic (exact) mass is 542 g/mol. The molecule has 1 N–H and O–H groups in total. The summed E-state index contributed by atoms with van der Waals surface area (Å²) in [7, 11) is 0.701. The van der Waals surface area contributed by atoms with Crippen molar-refractivity contribution in [3.05, 3.63) is 72.5 Å². The number of carbonyl (C=O) groups is 1. The Morgan fingerprint density at radius 1 is 0.921 bits per heavy atom. The molecule has 3 aromatic carbocycles. The van der Waals surface area contributed by atoms with Gasteiger partial charge in [0.25, 0.3) is 10.0 Å². The van der Waals surface area contributed by atoms with Crippen molar-refractivity contribution in [2.45, 2.75) is 4.90 Å².